The molecule has 0 radical (unpaired) electrons. The van der Waals surface area contributed by atoms with Gasteiger partial charge in [-0.2, -0.15) is 11.3 Å². The normalized spacial score (nSPS) is 12.6. The minimum Gasteiger partial charge on any atom is -0.310 e. The van der Waals surface area contributed by atoms with Crippen LogP contribution in [-0.4, -0.2) is 6.54 Å². The predicted molar refractivity (Wildman–Crippen MR) is 83.2 cm³/mol. The van der Waals surface area contributed by atoms with E-state index < -0.39 is 0 Å². The summed E-state index contributed by atoms with van der Waals surface area (Å²) in [6.45, 7) is 3.08. The summed E-state index contributed by atoms with van der Waals surface area (Å²) in [7, 11) is 0. The van der Waals surface area contributed by atoms with Crippen molar-refractivity contribution in [3.63, 3.8) is 0 Å². The quantitative estimate of drug-likeness (QED) is 0.785. The predicted octanol–water partition coefficient (Wildman–Crippen LogP) is 4.93. The Kier molecular flexibility index (Phi) is 5.55. The maximum absolute atomic E-state index is 13.8. The molecule has 1 heterocycles. The highest BCUT2D eigenvalue weighted by molar-refractivity contribution is 9.10. The molecule has 0 fully saturated rings. The van der Waals surface area contributed by atoms with E-state index in [2.05, 4.69) is 45.0 Å². The summed E-state index contributed by atoms with van der Waals surface area (Å²) in [5.74, 6) is -0.137. The summed E-state index contributed by atoms with van der Waals surface area (Å²) < 4.78 is 14.8. The van der Waals surface area contributed by atoms with E-state index in [1.165, 1.54) is 11.6 Å². The van der Waals surface area contributed by atoms with Crippen molar-refractivity contribution in [2.24, 2.45) is 0 Å². The van der Waals surface area contributed by atoms with Crippen molar-refractivity contribution >= 4 is 27.3 Å². The molecule has 0 amide bonds. The van der Waals surface area contributed by atoms with Crippen LogP contribution in [0.5, 0.6) is 0 Å². The Hall–Kier alpha value is -0.710. The van der Waals surface area contributed by atoms with Crippen molar-refractivity contribution in [2.45, 2.75) is 25.8 Å². The van der Waals surface area contributed by atoms with E-state index in [0.717, 1.165) is 23.0 Å². The second kappa shape index (κ2) is 7.17. The molecule has 2 rings (SSSR count). The Morgan fingerprint density at radius 2 is 2.21 bits per heavy atom. The van der Waals surface area contributed by atoms with Gasteiger partial charge in [0.05, 0.1) is 0 Å². The molecule has 0 bridgehead atoms. The van der Waals surface area contributed by atoms with Gasteiger partial charge in [0.15, 0.2) is 0 Å². The smallest absolute Gasteiger partial charge is 0.126 e. The van der Waals surface area contributed by atoms with E-state index in [4.69, 9.17) is 0 Å². The van der Waals surface area contributed by atoms with E-state index in [9.17, 15) is 4.39 Å². The molecule has 1 unspecified atom stereocenters. The Morgan fingerprint density at radius 3 is 2.89 bits per heavy atom. The van der Waals surface area contributed by atoms with Crippen LogP contribution in [0.15, 0.2) is 39.5 Å². The zero-order valence-corrected chi connectivity index (χ0v) is 13.2. The van der Waals surface area contributed by atoms with Crippen LogP contribution < -0.4 is 5.32 Å². The molecule has 0 aliphatic rings. The average molecular weight is 342 g/mol. The molecule has 19 heavy (non-hydrogen) atoms. The van der Waals surface area contributed by atoms with Gasteiger partial charge in [0, 0.05) is 10.5 Å². The van der Waals surface area contributed by atoms with Crippen molar-refractivity contribution in [3.8, 4) is 0 Å². The number of halogens is 2. The van der Waals surface area contributed by atoms with Crippen molar-refractivity contribution in [1.82, 2.24) is 5.32 Å². The molecule has 2 aromatic rings. The van der Waals surface area contributed by atoms with Crippen molar-refractivity contribution in [2.75, 3.05) is 6.54 Å². The van der Waals surface area contributed by atoms with Crippen LogP contribution in [0.4, 0.5) is 4.39 Å². The highest BCUT2D eigenvalue weighted by atomic mass is 79.9. The molecule has 0 saturated carbocycles. The maximum Gasteiger partial charge on any atom is 0.126 e. The molecule has 1 aromatic heterocycles. The van der Waals surface area contributed by atoms with Gasteiger partial charge in [0.1, 0.15) is 5.82 Å². The van der Waals surface area contributed by atoms with E-state index in [1.807, 2.05) is 6.07 Å². The van der Waals surface area contributed by atoms with Crippen LogP contribution in [0.25, 0.3) is 0 Å². The van der Waals surface area contributed by atoms with Gasteiger partial charge < -0.3 is 5.32 Å². The number of benzene rings is 1. The van der Waals surface area contributed by atoms with Gasteiger partial charge in [-0.3, -0.25) is 0 Å². The zero-order chi connectivity index (χ0) is 13.7. The Balaban J connectivity index is 2.17. The number of rotatable bonds is 6. The first kappa shape index (κ1) is 14.7. The number of nitrogens with one attached hydrogen (secondary N) is 1. The lowest BCUT2D eigenvalue weighted by atomic mass is 10.0. The van der Waals surface area contributed by atoms with E-state index >= 15 is 0 Å². The highest BCUT2D eigenvalue weighted by Crippen LogP contribution is 2.24. The van der Waals surface area contributed by atoms with Gasteiger partial charge in [-0.15, -0.1) is 0 Å². The molecule has 1 nitrogen and oxygen atoms in total. The van der Waals surface area contributed by atoms with E-state index in [-0.39, 0.29) is 11.9 Å². The Bertz CT molecular complexity index is 513. The molecule has 0 saturated heterocycles. The van der Waals surface area contributed by atoms with Crippen LogP contribution >= 0.6 is 27.3 Å². The molecule has 0 spiro atoms. The number of thiophene rings is 1. The molecular formula is C15H17BrFNS. The highest BCUT2D eigenvalue weighted by Gasteiger charge is 2.14. The minimum atomic E-state index is -0.137. The second-order valence-corrected chi connectivity index (χ2v) is 6.20. The van der Waals surface area contributed by atoms with Gasteiger partial charge >= 0.3 is 0 Å². The molecule has 4 heteroatoms. The summed E-state index contributed by atoms with van der Waals surface area (Å²) in [5.41, 5.74) is 1.98. The van der Waals surface area contributed by atoms with Crippen LogP contribution in [-0.2, 0) is 6.42 Å². The maximum atomic E-state index is 13.8. The molecule has 1 N–H and O–H groups in total. The second-order valence-electron chi connectivity index (χ2n) is 4.50. The molecule has 0 aliphatic heterocycles. The fourth-order valence-electron chi connectivity index (χ4n) is 2.02. The first-order chi connectivity index (χ1) is 9.20. The Morgan fingerprint density at radius 1 is 1.37 bits per heavy atom. The average Bonchev–Trinajstić information content (AvgIpc) is 2.92. The number of hydrogen-bond acceptors (Lipinski definition) is 2. The summed E-state index contributed by atoms with van der Waals surface area (Å²) >= 11 is 5.08. The third-order valence-corrected chi connectivity index (χ3v) is 4.21. The standard InChI is InChI=1S/C15H17BrFNS/c1-2-6-18-15(11-5-7-19-10-11)9-12-8-13(16)3-4-14(12)17/h3-5,7-8,10,15,18H,2,6,9H2,1H3. The van der Waals surface area contributed by atoms with Crippen LogP contribution in [0.3, 0.4) is 0 Å². The SMILES string of the molecule is CCCNC(Cc1cc(Br)ccc1F)c1ccsc1. The fourth-order valence-corrected chi connectivity index (χ4v) is 3.14. The van der Waals surface area contributed by atoms with Gasteiger partial charge in [-0.1, -0.05) is 22.9 Å². The topological polar surface area (TPSA) is 12.0 Å². The fraction of sp³-hybridized carbons (Fsp3) is 0.333. The molecular weight excluding hydrogens is 325 g/mol. The first-order valence-electron chi connectivity index (χ1n) is 6.40. The molecule has 0 aliphatic carbocycles. The molecule has 1 atom stereocenters. The molecule has 102 valence electrons. The van der Waals surface area contributed by atoms with Gasteiger partial charge in [-0.05, 0) is 65.5 Å². The third kappa shape index (κ3) is 4.13. The van der Waals surface area contributed by atoms with Crippen LogP contribution in [0.1, 0.15) is 30.5 Å². The van der Waals surface area contributed by atoms with Crippen molar-refractivity contribution < 1.29 is 4.39 Å². The summed E-state index contributed by atoms with van der Waals surface area (Å²) in [6, 6.07) is 7.40. The van der Waals surface area contributed by atoms with Gasteiger partial charge in [0.25, 0.3) is 0 Å². The number of hydrogen-bond donors (Lipinski definition) is 1. The Labute approximate surface area is 126 Å². The van der Waals surface area contributed by atoms with Gasteiger partial charge in [-0.25, -0.2) is 4.39 Å². The summed E-state index contributed by atoms with van der Waals surface area (Å²) in [4.78, 5) is 0. The van der Waals surface area contributed by atoms with E-state index in [1.54, 1.807) is 17.4 Å². The lowest BCUT2D eigenvalue weighted by Gasteiger charge is -2.18. The lowest BCUT2D eigenvalue weighted by molar-refractivity contribution is 0.514. The van der Waals surface area contributed by atoms with E-state index in [0.29, 0.717) is 6.42 Å². The summed E-state index contributed by atoms with van der Waals surface area (Å²) in [5, 5.41) is 7.68. The summed E-state index contributed by atoms with van der Waals surface area (Å²) in [6.07, 6.45) is 1.74. The van der Waals surface area contributed by atoms with Crippen LogP contribution in [0.2, 0.25) is 0 Å². The van der Waals surface area contributed by atoms with Crippen molar-refractivity contribution in [3.05, 3.63) is 56.4 Å². The van der Waals surface area contributed by atoms with Crippen LogP contribution in [0, 0.1) is 5.82 Å². The van der Waals surface area contributed by atoms with Gasteiger partial charge in [0.2, 0.25) is 0 Å². The lowest BCUT2D eigenvalue weighted by Crippen LogP contribution is -2.24. The monoisotopic (exact) mass is 341 g/mol. The largest absolute Gasteiger partial charge is 0.310 e. The van der Waals surface area contributed by atoms with Crippen molar-refractivity contribution in [1.29, 1.82) is 0 Å². The first-order valence-corrected chi connectivity index (χ1v) is 8.13. The molecule has 1 aromatic carbocycles. The minimum absolute atomic E-state index is 0.137. The zero-order valence-electron chi connectivity index (χ0n) is 10.8. The third-order valence-electron chi connectivity index (χ3n) is 3.02.